The van der Waals surface area contributed by atoms with Crippen molar-refractivity contribution in [3.8, 4) is 11.3 Å². The zero-order valence-corrected chi connectivity index (χ0v) is 12.1. The molecule has 0 fully saturated rings. The monoisotopic (exact) mass is 305 g/mol. The molecule has 21 heavy (non-hydrogen) atoms. The van der Waals surface area contributed by atoms with Crippen molar-refractivity contribution in [2.45, 2.75) is 24.3 Å². The van der Waals surface area contributed by atoms with Crippen LogP contribution in [0.5, 0.6) is 0 Å². The van der Waals surface area contributed by atoms with E-state index in [2.05, 4.69) is 15.1 Å². The molecule has 0 radical (unpaired) electrons. The summed E-state index contributed by atoms with van der Waals surface area (Å²) in [4.78, 5) is 8.38. The Labute approximate surface area is 124 Å². The van der Waals surface area contributed by atoms with Crippen LogP contribution in [-0.2, 0) is 12.2 Å². The van der Waals surface area contributed by atoms with Gasteiger partial charge in [-0.3, -0.25) is 0 Å². The molecular weight excluding hydrogens is 293 g/mol. The van der Waals surface area contributed by atoms with Gasteiger partial charge in [0, 0.05) is 12.0 Å². The summed E-state index contributed by atoms with van der Waals surface area (Å²) in [5.41, 5.74) is 0.779. The van der Waals surface area contributed by atoms with Crippen LogP contribution in [0.3, 0.4) is 0 Å². The fourth-order valence-electron chi connectivity index (χ4n) is 1.69. The molecule has 0 aliphatic rings. The molecule has 0 aliphatic carbocycles. The highest BCUT2D eigenvalue weighted by Gasteiger charge is 2.10. The average molecular weight is 305 g/mol. The minimum atomic E-state index is -0.281. The van der Waals surface area contributed by atoms with Gasteiger partial charge in [0.1, 0.15) is 5.82 Å². The topological polar surface area (TPSA) is 65.0 Å². The molecule has 108 valence electrons. The van der Waals surface area contributed by atoms with Crippen molar-refractivity contribution in [3.63, 3.8) is 0 Å². The SMILES string of the molecule is CCc1noc(CSc2ncc(-c3ccc(F)cc3)o2)n1. The Morgan fingerprint density at radius 3 is 2.76 bits per heavy atom. The molecular formula is C14H12FN3O2S. The molecule has 0 aliphatic heterocycles. The van der Waals surface area contributed by atoms with Crippen molar-refractivity contribution < 1.29 is 13.3 Å². The highest BCUT2D eigenvalue weighted by atomic mass is 32.2. The van der Waals surface area contributed by atoms with Crippen molar-refractivity contribution in [2.24, 2.45) is 0 Å². The van der Waals surface area contributed by atoms with Gasteiger partial charge in [0.25, 0.3) is 5.22 Å². The van der Waals surface area contributed by atoms with Gasteiger partial charge in [-0.2, -0.15) is 4.98 Å². The molecule has 0 saturated carbocycles. The molecule has 3 rings (SSSR count). The summed E-state index contributed by atoms with van der Waals surface area (Å²) in [5, 5.41) is 4.33. The molecule has 3 aromatic rings. The lowest BCUT2D eigenvalue weighted by Crippen LogP contribution is -1.84. The third-order valence-electron chi connectivity index (χ3n) is 2.76. The van der Waals surface area contributed by atoms with E-state index in [9.17, 15) is 4.39 Å². The van der Waals surface area contributed by atoms with Gasteiger partial charge in [0.15, 0.2) is 11.6 Å². The molecule has 0 spiro atoms. The first-order valence-corrected chi connectivity index (χ1v) is 7.39. The second kappa shape index (κ2) is 6.09. The summed E-state index contributed by atoms with van der Waals surface area (Å²) < 4.78 is 23.6. The molecule has 0 saturated heterocycles. The Bertz CT molecular complexity index is 724. The van der Waals surface area contributed by atoms with E-state index in [4.69, 9.17) is 8.94 Å². The molecule has 2 heterocycles. The average Bonchev–Trinajstić information content (AvgIpc) is 3.15. The maximum absolute atomic E-state index is 12.9. The number of nitrogens with zero attached hydrogens (tertiary/aromatic N) is 3. The van der Waals surface area contributed by atoms with Gasteiger partial charge >= 0.3 is 0 Å². The Kier molecular flexibility index (Phi) is 4.01. The number of halogens is 1. The van der Waals surface area contributed by atoms with E-state index in [0.29, 0.717) is 28.5 Å². The molecule has 0 atom stereocenters. The Hall–Kier alpha value is -2.15. The van der Waals surface area contributed by atoms with Crippen LogP contribution in [0.1, 0.15) is 18.6 Å². The minimum Gasteiger partial charge on any atom is -0.431 e. The second-order valence-electron chi connectivity index (χ2n) is 4.24. The standard InChI is InChI=1S/C14H12FN3O2S/c1-2-12-17-13(20-18-12)8-21-14-16-7-11(19-14)9-3-5-10(15)6-4-9/h3-7H,2,8H2,1H3. The Balaban J connectivity index is 1.66. The van der Waals surface area contributed by atoms with Gasteiger partial charge in [0.05, 0.1) is 11.9 Å². The van der Waals surface area contributed by atoms with E-state index < -0.39 is 0 Å². The van der Waals surface area contributed by atoms with Crippen LogP contribution in [0, 0.1) is 5.82 Å². The van der Waals surface area contributed by atoms with Crippen LogP contribution >= 0.6 is 11.8 Å². The maximum Gasteiger partial charge on any atom is 0.256 e. The van der Waals surface area contributed by atoms with Crippen LogP contribution < -0.4 is 0 Å². The van der Waals surface area contributed by atoms with Crippen LogP contribution in [0.25, 0.3) is 11.3 Å². The van der Waals surface area contributed by atoms with Crippen molar-refractivity contribution in [3.05, 3.63) is 48.0 Å². The molecule has 0 N–H and O–H groups in total. The zero-order chi connectivity index (χ0) is 14.7. The van der Waals surface area contributed by atoms with E-state index in [1.807, 2.05) is 6.92 Å². The lowest BCUT2D eigenvalue weighted by molar-refractivity contribution is 0.384. The van der Waals surface area contributed by atoms with Gasteiger partial charge in [-0.1, -0.05) is 23.8 Å². The summed E-state index contributed by atoms with van der Waals surface area (Å²) in [6.45, 7) is 1.96. The molecule has 0 bridgehead atoms. The molecule has 2 aromatic heterocycles. The smallest absolute Gasteiger partial charge is 0.256 e. The first kappa shape index (κ1) is 13.8. The van der Waals surface area contributed by atoms with Gasteiger partial charge < -0.3 is 8.94 Å². The van der Waals surface area contributed by atoms with Gasteiger partial charge in [0.2, 0.25) is 5.89 Å². The van der Waals surface area contributed by atoms with Crippen LogP contribution in [0.2, 0.25) is 0 Å². The third kappa shape index (κ3) is 3.30. The predicted molar refractivity (Wildman–Crippen MR) is 75.1 cm³/mol. The molecule has 5 nitrogen and oxygen atoms in total. The quantitative estimate of drug-likeness (QED) is 0.669. The highest BCUT2D eigenvalue weighted by molar-refractivity contribution is 7.98. The van der Waals surface area contributed by atoms with Gasteiger partial charge in [-0.15, -0.1) is 0 Å². The van der Waals surface area contributed by atoms with E-state index in [1.54, 1.807) is 18.3 Å². The van der Waals surface area contributed by atoms with E-state index >= 15 is 0 Å². The highest BCUT2D eigenvalue weighted by Crippen LogP contribution is 2.27. The van der Waals surface area contributed by atoms with E-state index in [0.717, 1.165) is 12.0 Å². The normalized spacial score (nSPS) is 11.0. The van der Waals surface area contributed by atoms with Crippen LogP contribution in [0.4, 0.5) is 4.39 Å². The summed E-state index contributed by atoms with van der Waals surface area (Å²) in [6, 6.07) is 6.07. The summed E-state index contributed by atoms with van der Waals surface area (Å²) in [7, 11) is 0. The fraction of sp³-hybridized carbons (Fsp3) is 0.214. The maximum atomic E-state index is 12.9. The lowest BCUT2D eigenvalue weighted by atomic mass is 10.2. The number of rotatable bonds is 5. The molecule has 1 aromatic carbocycles. The number of hydrogen-bond donors (Lipinski definition) is 0. The largest absolute Gasteiger partial charge is 0.431 e. The number of aromatic nitrogens is 3. The summed E-state index contributed by atoms with van der Waals surface area (Å²) >= 11 is 1.37. The van der Waals surface area contributed by atoms with Crippen molar-refractivity contribution >= 4 is 11.8 Å². The first-order chi connectivity index (χ1) is 10.2. The van der Waals surface area contributed by atoms with Crippen molar-refractivity contribution in [1.82, 2.24) is 15.1 Å². The number of thioether (sulfide) groups is 1. The third-order valence-corrected chi connectivity index (χ3v) is 3.59. The molecule has 0 amide bonds. The van der Waals surface area contributed by atoms with Gasteiger partial charge in [-0.25, -0.2) is 9.37 Å². The van der Waals surface area contributed by atoms with Crippen LogP contribution in [0.15, 0.2) is 44.6 Å². The number of hydrogen-bond acceptors (Lipinski definition) is 6. The number of oxazole rings is 1. The zero-order valence-electron chi connectivity index (χ0n) is 11.2. The molecule has 7 heteroatoms. The van der Waals surface area contributed by atoms with Gasteiger partial charge in [-0.05, 0) is 24.3 Å². The van der Waals surface area contributed by atoms with Crippen molar-refractivity contribution in [1.29, 1.82) is 0 Å². The molecule has 0 unspecified atom stereocenters. The number of benzene rings is 1. The number of aryl methyl sites for hydroxylation is 1. The Morgan fingerprint density at radius 1 is 1.24 bits per heavy atom. The Morgan fingerprint density at radius 2 is 2.05 bits per heavy atom. The predicted octanol–water partition coefficient (Wildman–Crippen LogP) is 3.72. The summed E-state index contributed by atoms with van der Waals surface area (Å²) in [5.74, 6) is 2.03. The van der Waals surface area contributed by atoms with E-state index in [1.165, 1.54) is 23.9 Å². The fourth-order valence-corrected chi connectivity index (χ4v) is 2.33. The summed E-state index contributed by atoms with van der Waals surface area (Å²) in [6.07, 6.45) is 2.35. The minimum absolute atomic E-state index is 0.281. The van der Waals surface area contributed by atoms with E-state index in [-0.39, 0.29) is 5.82 Å². The first-order valence-electron chi connectivity index (χ1n) is 6.40. The lowest BCUT2D eigenvalue weighted by Gasteiger charge is -1.95. The second-order valence-corrected chi connectivity index (χ2v) is 5.17. The van der Waals surface area contributed by atoms with Crippen LogP contribution in [-0.4, -0.2) is 15.1 Å². The van der Waals surface area contributed by atoms with Crippen molar-refractivity contribution in [2.75, 3.05) is 0 Å².